The summed E-state index contributed by atoms with van der Waals surface area (Å²) < 4.78 is 0. The second-order valence-corrected chi connectivity index (χ2v) is 4.68. The van der Waals surface area contributed by atoms with Gasteiger partial charge in [0.15, 0.2) is 0 Å². The van der Waals surface area contributed by atoms with Crippen LogP contribution in [-0.2, 0) is 4.79 Å². The molecular weight excluding hydrogens is 214 g/mol. The third-order valence-electron chi connectivity index (χ3n) is 3.50. The number of carbonyl (C=O) groups excluding carboxylic acids is 1. The van der Waals surface area contributed by atoms with Crippen LogP contribution in [0.4, 0.5) is 5.69 Å². The van der Waals surface area contributed by atoms with Crippen LogP contribution in [0.25, 0.3) is 0 Å². The maximum Gasteiger partial charge on any atom is 0.227 e. The zero-order valence-electron chi connectivity index (χ0n) is 9.93. The highest BCUT2D eigenvalue weighted by molar-refractivity contribution is 5.92. The van der Waals surface area contributed by atoms with Crippen molar-refractivity contribution in [3.63, 3.8) is 0 Å². The third-order valence-corrected chi connectivity index (χ3v) is 3.50. The lowest BCUT2D eigenvalue weighted by molar-refractivity contribution is -0.121. The molecule has 92 valence electrons. The Kier molecular flexibility index (Phi) is 4.09. The minimum absolute atomic E-state index is 0.131. The molecule has 0 radical (unpaired) electrons. The first-order chi connectivity index (χ1) is 8.29. The van der Waals surface area contributed by atoms with Crippen LogP contribution >= 0.6 is 0 Å². The Morgan fingerprint density at radius 3 is 2.53 bits per heavy atom. The number of hydrogen-bond donors (Lipinski definition) is 2. The summed E-state index contributed by atoms with van der Waals surface area (Å²) in [5.41, 5.74) is 6.47. The first-order valence-electron chi connectivity index (χ1n) is 6.20. The SMILES string of the molecule is NC[C@H]1CC[C@H](C(=O)Nc2ccncc2)CC1. The number of anilines is 1. The van der Waals surface area contributed by atoms with E-state index in [0.717, 1.165) is 37.9 Å². The molecule has 1 saturated carbocycles. The van der Waals surface area contributed by atoms with Crippen LogP contribution in [0, 0.1) is 11.8 Å². The second kappa shape index (κ2) is 5.77. The van der Waals surface area contributed by atoms with Crippen molar-refractivity contribution in [2.24, 2.45) is 17.6 Å². The number of nitrogens with one attached hydrogen (secondary N) is 1. The lowest BCUT2D eigenvalue weighted by Crippen LogP contribution is -2.29. The number of nitrogens with zero attached hydrogens (tertiary/aromatic N) is 1. The van der Waals surface area contributed by atoms with E-state index in [2.05, 4.69) is 10.3 Å². The number of amides is 1. The molecule has 17 heavy (non-hydrogen) atoms. The van der Waals surface area contributed by atoms with Crippen molar-refractivity contribution in [2.75, 3.05) is 11.9 Å². The molecule has 1 aliphatic carbocycles. The van der Waals surface area contributed by atoms with Gasteiger partial charge < -0.3 is 11.1 Å². The highest BCUT2D eigenvalue weighted by Crippen LogP contribution is 2.28. The molecule has 4 nitrogen and oxygen atoms in total. The maximum atomic E-state index is 12.0. The first kappa shape index (κ1) is 12.0. The van der Waals surface area contributed by atoms with E-state index >= 15 is 0 Å². The molecule has 0 unspecified atom stereocenters. The Labute approximate surface area is 102 Å². The molecule has 1 aromatic heterocycles. The Hall–Kier alpha value is -1.42. The summed E-state index contributed by atoms with van der Waals surface area (Å²) in [6.45, 7) is 0.749. The van der Waals surface area contributed by atoms with E-state index < -0.39 is 0 Å². The standard InChI is InChI=1S/C13H19N3O/c14-9-10-1-3-11(4-2-10)13(17)16-12-5-7-15-8-6-12/h5-8,10-11H,1-4,9,14H2,(H,15,16,17)/t10-,11-. The number of rotatable bonds is 3. The van der Waals surface area contributed by atoms with Gasteiger partial charge in [0.05, 0.1) is 0 Å². The van der Waals surface area contributed by atoms with Crippen molar-refractivity contribution in [2.45, 2.75) is 25.7 Å². The largest absolute Gasteiger partial charge is 0.330 e. The summed E-state index contributed by atoms with van der Waals surface area (Å²) in [6.07, 6.45) is 7.43. The van der Waals surface area contributed by atoms with Gasteiger partial charge in [-0.25, -0.2) is 0 Å². The fraction of sp³-hybridized carbons (Fsp3) is 0.538. The average molecular weight is 233 g/mol. The molecule has 0 saturated heterocycles. The molecule has 1 amide bonds. The smallest absolute Gasteiger partial charge is 0.227 e. The average Bonchev–Trinajstić information content (AvgIpc) is 2.40. The zero-order valence-corrected chi connectivity index (χ0v) is 9.93. The lowest BCUT2D eigenvalue weighted by atomic mass is 9.81. The molecule has 0 spiro atoms. The van der Waals surface area contributed by atoms with Gasteiger partial charge in [-0.1, -0.05) is 0 Å². The van der Waals surface area contributed by atoms with E-state index in [-0.39, 0.29) is 11.8 Å². The Morgan fingerprint density at radius 1 is 1.29 bits per heavy atom. The molecule has 2 rings (SSSR count). The molecule has 0 atom stereocenters. The molecule has 0 bridgehead atoms. The first-order valence-corrected chi connectivity index (χ1v) is 6.20. The number of carbonyl (C=O) groups is 1. The predicted molar refractivity (Wildman–Crippen MR) is 67.4 cm³/mol. The van der Waals surface area contributed by atoms with Gasteiger partial charge in [0.1, 0.15) is 0 Å². The van der Waals surface area contributed by atoms with E-state index in [0.29, 0.717) is 5.92 Å². The number of pyridine rings is 1. The van der Waals surface area contributed by atoms with Gasteiger partial charge in [0.25, 0.3) is 0 Å². The van der Waals surface area contributed by atoms with E-state index in [1.807, 2.05) is 12.1 Å². The highest BCUT2D eigenvalue weighted by atomic mass is 16.1. The molecular formula is C13H19N3O. The van der Waals surface area contributed by atoms with Gasteiger partial charge in [-0.15, -0.1) is 0 Å². The van der Waals surface area contributed by atoms with Crippen LogP contribution in [0.3, 0.4) is 0 Å². The van der Waals surface area contributed by atoms with Crippen molar-refractivity contribution in [3.8, 4) is 0 Å². The second-order valence-electron chi connectivity index (χ2n) is 4.68. The predicted octanol–water partition coefficient (Wildman–Crippen LogP) is 1.79. The zero-order chi connectivity index (χ0) is 12.1. The monoisotopic (exact) mass is 233 g/mol. The van der Waals surface area contributed by atoms with Gasteiger partial charge in [0.2, 0.25) is 5.91 Å². The fourth-order valence-electron chi connectivity index (χ4n) is 2.34. The third kappa shape index (κ3) is 3.27. The number of hydrogen-bond acceptors (Lipinski definition) is 3. The van der Waals surface area contributed by atoms with Crippen molar-refractivity contribution in [1.29, 1.82) is 0 Å². The van der Waals surface area contributed by atoms with Gasteiger partial charge in [0, 0.05) is 24.0 Å². The van der Waals surface area contributed by atoms with Crippen LogP contribution in [-0.4, -0.2) is 17.4 Å². The van der Waals surface area contributed by atoms with E-state index in [9.17, 15) is 4.79 Å². The van der Waals surface area contributed by atoms with Crippen molar-refractivity contribution in [1.82, 2.24) is 4.98 Å². The van der Waals surface area contributed by atoms with Crippen LogP contribution in [0.5, 0.6) is 0 Å². The van der Waals surface area contributed by atoms with E-state index in [4.69, 9.17) is 5.73 Å². The minimum atomic E-state index is 0.131. The molecule has 4 heteroatoms. The summed E-state index contributed by atoms with van der Waals surface area (Å²) in [6, 6.07) is 3.62. The van der Waals surface area contributed by atoms with Crippen LogP contribution in [0.15, 0.2) is 24.5 Å². The Morgan fingerprint density at radius 2 is 1.94 bits per heavy atom. The summed E-state index contributed by atoms with van der Waals surface area (Å²) in [7, 11) is 0. The van der Waals surface area contributed by atoms with Crippen LogP contribution in [0.1, 0.15) is 25.7 Å². The lowest BCUT2D eigenvalue weighted by Gasteiger charge is -2.26. The summed E-state index contributed by atoms with van der Waals surface area (Å²) in [5, 5.41) is 2.93. The molecule has 1 fully saturated rings. The van der Waals surface area contributed by atoms with Gasteiger partial charge in [-0.05, 0) is 50.3 Å². The maximum absolute atomic E-state index is 12.0. The molecule has 1 aliphatic rings. The molecule has 0 aliphatic heterocycles. The Balaban J connectivity index is 1.85. The fourth-order valence-corrected chi connectivity index (χ4v) is 2.34. The highest BCUT2D eigenvalue weighted by Gasteiger charge is 2.25. The van der Waals surface area contributed by atoms with Crippen molar-refractivity contribution >= 4 is 11.6 Å². The molecule has 1 aromatic rings. The molecule has 0 aromatic carbocycles. The van der Waals surface area contributed by atoms with E-state index in [1.54, 1.807) is 12.4 Å². The van der Waals surface area contributed by atoms with Crippen LogP contribution in [0.2, 0.25) is 0 Å². The van der Waals surface area contributed by atoms with Gasteiger partial charge in [-0.2, -0.15) is 0 Å². The summed E-state index contributed by atoms with van der Waals surface area (Å²) in [4.78, 5) is 15.9. The van der Waals surface area contributed by atoms with Crippen molar-refractivity contribution < 1.29 is 4.79 Å². The van der Waals surface area contributed by atoms with Gasteiger partial charge >= 0.3 is 0 Å². The summed E-state index contributed by atoms with van der Waals surface area (Å²) in [5.74, 6) is 0.887. The normalized spacial score (nSPS) is 24.3. The molecule has 1 heterocycles. The quantitative estimate of drug-likeness (QED) is 0.836. The number of aromatic nitrogens is 1. The Bertz CT molecular complexity index is 358. The summed E-state index contributed by atoms with van der Waals surface area (Å²) >= 11 is 0. The van der Waals surface area contributed by atoms with Gasteiger partial charge in [-0.3, -0.25) is 9.78 Å². The van der Waals surface area contributed by atoms with E-state index in [1.165, 1.54) is 0 Å². The minimum Gasteiger partial charge on any atom is -0.330 e. The molecule has 3 N–H and O–H groups in total. The van der Waals surface area contributed by atoms with Crippen LogP contribution < -0.4 is 11.1 Å². The topological polar surface area (TPSA) is 68.0 Å². The number of nitrogens with two attached hydrogens (primary N) is 1. The van der Waals surface area contributed by atoms with Crippen molar-refractivity contribution in [3.05, 3.63) is 24.5 Å².